The zero-order valence-corrected chi connectivity index (χ0v) is 10.5. The molecule has 0 N–H and O–H groups in total. The highest BCUT2D eigenvalue weighted by Crippen LogP contribution is 2.22. The van der Waals surface area contributed by atoms with E-state index in [-0.39, 0.29) is 0 Å². The van der Waals surface area contributed by atoms with Gasteiger partial charge in [-0.2, -0.15) is 12.6 Å². The normalized spacial score (nSPS) is 10.8. The van der Waals surface area contributed by atoms with E-state index in [1.165, 1.54) is 15.6 Å². The fraction of sp³-hybridized carbons (Fsp3) is 0.700. The number of hydrogen-bond acceptors (Lipinski definition) is 4. The van der Waals surface area contributed by atoms with E-state index in [1.54, 1.807) is 18.4 Å². The maximum absolute atomic E-state index is 5.04. The van der Waals surface area contributed by atoms with E-state index in [0.29, 0.717) is 0 Å². The first-order valence-electron chi connectivity index (χ1n) is 4.89. The first kappa shape index (κ1) is 12.0. The van der Waals surface area contributed by atoms with Crippen molar-refractivity contribution in [1.82, 2.24) is 4.98 Å². The molecule has 1 aromatic rings. The number of thiol groups is 1. The lowest BCUT2D eigenvalue weighted by Crippen LogP contribution is -1.94. The Morgan fingerprint density at radius 1 is 1.43 bits per heavy atom. The molecule has 0 aromatic carbocycles. The molecule has 0 spiro atoms. The molecule has 0 unspecified atom stereocenters. The third kappa shape index (κ3) is 3.26. The summed E-state index contributed by atoms with van der Waals surface area (Å²) in [6.07, 6.45) is 3.14. The van der Waals surface area contributed by atoms with Gasteiger partial charge in [-0.15, -0.1) is 11.3 Å². The Morgan fingerprint density at radius 3 is 2.79 bits per heavy atom. The quantitative estimate of drug-likeness (QED) is 0.760. The Labute approximate surface area is 95.1 Å². The number of rotatable bonds is 6. The van der Waals surface area contributed by atoms with E-state index in [2.05, 4.69) is 24.5 Å². The second kappa shape index (κ2) is 6.43. The van der Waals surface area contributed by atoms with E-state index in [1.807, 2.05) is 0 Å². The Morgan fingerprint density at radius 2 is 2.21 bits per heavy atom. The summed E-state index contributed by atoms with van der Waals surface area (Å²) in [4.78, 5) is 5.92. The smallest absolute Gasteiger partial charge is 0.0954 e. The maximum atomic E-state index is 5.04. The van der Waals surface area contributed by atoms with E-state index < -0.39 is 0 Å². The second-order valence-corrected chi connectivity index (χ2v) is 4.61. The molecule has 0 amide bonds. The molecule has 0 radical (unpaired) electrons. The van der Waals surface area contributed by atoms with E-state index >= 15 is 0 Å². The molecule has 1 aromatic heterocycles. The summed E-state index contributed by atoms with van der Waals surface area (Å²) in [5, 5.41) is 1.18. The molecule has 1 heterocycles. The van der Waals surface area contributed by atoms with Crippen molar-refractivity contribution in [3.05, 3.63) is 15.6 Å². The summed E-state index contributed by atoms with van der Waals surface area (Å²) in [6, 6.07) is 0. The van der Waals surface area contributed by atoms with Gasteiger partial charge in [0.25, 0.3) is 0 Å². The molecule has 0 atom stereocenters. The SMILES string of the molecule is CCCc1nc(CCOC)sc1CS. The summed E-state index contributed by atoms with van der Waals surface area (Å²) in [5.74, 6) is 0.806. The Hall–Kier alpha value is -0.0600. The van der Waals surface area contributed by atoms with Gasteiger partial charge in [-0.25, -0.2) is 4.98 Å². The molecule has 4 heteroatoms. The standard InChI is InChI=1S/C10H17NOS2/c1-3-4-8-9(7-13)14-10(11-8)5-6-12-2/h13H,3-7H2,1-2H3. The first-order valence-corrected chi connectivity index (χ1v) is 6.34. The number of ether oxygens (including phenoxy) is 1. The minimum absolute atomic E-state index is 0.755. The van der Waals surface area contributed by atoms with Crippen LogP contribution in [0.15, 0.2) is 0 Å². The van der Waals surface area contributed by atoms with Crippen molar-refractivity contribution in [1.29, 1.82) is 0 Å². The highest BCUT2D eigenvalue weighted by atomic mass is 32.1. The minimum Gasteiger partial charge on any atom is -0.384 e. The molecule has 0 saturated heterocycles. The molecular formula is C10H17NOS2. The van der Waals surface area contributed by atoms with Crippen LogP contribution in [0, 0.1) is 0 Å². The van der Waals surface area contributed by atoms with E-state index in [9.17, 15) is 0 Å². The molecule has 0 aliphatic carbocycles. The highest BCUT2D eigenvalue weighted by molar-refractivity contribution is 7.79. The molecule has 2 nitrogen and oxygen atoms in total. The molecule has 0 saturated carbocycles. The van der Waals surface area contributed by atoms with Gasteiger partial charge in [0.2, 0.25) is 0 Å². The second-order valence-electron chi connectivity index (χ2n) is 3.13. The molecular weight excluding hydrogens is 214 g/mol. The van der Waals surface area contributed by atoms with Crippen LogP contribution < -0.4 is 0 Å². The van der Waals surface area contributed by atoms with Gasteiger partial charge in [0.05, 0.1) is 17.3 Å². The number of methoxy groups -OCH3 is 1. The van der Waals surface area contributed by atoms with Crippen LogP contribution in [-0.4, -0.2) is 18.7 Å². The van der Waals surface area contributed by atoms with Gasteiger partial charge in [0.15, 0.2) is 0 Å². The van der Waals surface area contributed by atoms with Gasteiger partial charge in [-0.3, -0.25) is 0 Å². The van der Waals surface area contributed by atoms with Crippen molar-refractivity contribution < 1.29 is 4.74 Å². The molecule has 80 valence electrons. The lowest BCUT2D eigenvalue weighted by Gasteiger charge is -1.94. The van der Waals surface area contributed by atoms with Crippen LogP contribution >= 0.6 is 24.0 Å². The third-order valence-corrected chi connectivity index (χ3v) is 3.66. The van der Waals surface area contributed by atoms with Crippen LogP contribution in [0.25, 0.3) is 0 Å². The topological polar surface area (TPSA) is 22.1 Å². The number of aromatic nitrogens is 1. The molecule has 0 aliphatic rings. The Bertz CT molecular complexity index is 273. The summed E-state index contributed by atoms with van der Waals surface area (Å²) in [5.41, 5.74) is 1.23. The van der Waals surface area contributed by atoms with E-state index in [4.69, 9.17) is 4.74 Å². The summed E-state index contributed by atoms with van der Waals surface area (Å²) in [7, 11) is 1.72. The largest absolute Gasteiger partial charge is 0.384 e. The lowest BCUT2D eigenvalue weighted by molar-refractivity contribution is 0.202. The van der Waals surface area contributed by atoms with Crippen LogP contribution in [0.2, 0.25) is 0 Å². The summed E-state index contributed by atoms with van der Waals surface area (Å²) in [6.45, 7) is 2.93. The van der Waals surface area contributed by atoms with Gasteiger partial charge >= 0.3 is 0 Å². The predicted molar refractivity (Wildman–Crippen MR) is 64.4 cm³/mol. The van der Waals surface area contributed by atoms with Crippen molar-refractivity contribution in [2.75, 3.05) is 13.7 Å². The number of nitrogens with zero attached hydrogens (tertiary/aromatic N) is 1. The summed E-state index contributed by atoms with van der Waals surface area (Å²) < 4.78 is 5.04. The van der Waals surface area contributed by atoms with Crippen molar-refractivity contribution in [3.63, 3.8) is 0 Å². The predicted octanol–water partition coefficient (Wildman–Crippen LogP) is 2.71. The fourth-order valence-corrected chi connectivity index (χ4v) is 2.62. The van der Waals surface area contributed by atoms with Crippen molar-refractivity contribution >= 4 is 24.0 Å². The molecule has 14 heavy (non-hydrogen) atoms. The monoisotopic (exact) mass is 231 g/mol. The minimum atomic E-state index is 0.755. The Kier molecular flexibility index (Phi) is 5.52. The van der Waals surface area contributed by atoms with Gasteiger partial charge in [0.1, 0.15) is 0 Å². The molecule has 1 rings (SSSR count). The zero-order chi connectivity index (χ0) is 10.4. The first-order chi connectivity index (χ1) is 6.81. The molecule has 0 fully saturated rings. The van der Waals surface area contributed by atoms with Gasteiger partial charge < -0.3 is 4.74 Å². The van der Waals surface area contributed by atoms with Crippen LogP contribution in [-0.2, 0) is 23.3 Å². The van der Waals surface area contributed by atoms with Crippen LogP contribution in [0.3, 0.4) is 0 Å². The van der Waals surface area contributed by atoms with Gasteiger partial charge in [-0.05, 0) is 6.42 Å². The Balaban J connectivity index is 2.67. The molecule has 0 aliphatic heterocycles. The van der Waals surface area contributed by atoms with E-state index in [0.717, 1.165) is 31.6 Å². The fourth-order valence-electron chi connectivity index (χ4n) is 1.29. The number of hydrogen-bond donors (Lipinski definition) is 1. The summed E-state index contributed by atoms with van der Waals surface area (Å²) >= 11 is 6.09. The van der Waals surface area contributed by atoms with Crippen molar-refractivity contribution in [3.8, 4) is 0 Å². The zero-order valence-electron chi connectivity index (χ0n) is 8.75. The van der Waals surface area contributed by atoms with Crippen LogP contribution in [0.5, 0.6) is 0 Å². The van der Waals surface area contributed by atoms with Gasteiger partial charge in [-0.1, -0.05) is 13.3 Å². The van der Waals surface area contributed by atoms with Crippen LogP contribution in [0.1, 0.15) is 28.9 Å². The molecule has 0 bridgehead atoms. The number of thiazole rings is 1. The average molecular weight is 231 g/mol. The lowest BCUT2D eigenvalue weighted by atomic mass is 10.2. The third-order valence-electron chi connectivity index (χ3n) is 1.97. The maximum Gasteiger partial charge on any atom is 0.0954 e. The average Bonchev–Trinajstić information content (AvgIpc) is 2.58. The highest BCUT2D eigenvalue weighted by Gasteiger charge is 2.08. The number of aryl methyl sites for hydroxylation is 1. The van der Waals surface area contributed by atoms with Crippen LogP contribution in [0.4, 0.5) is 0 Å². The van der Waals surface area contributed by atoms with Crippen molar-refractivity contribution in [2.45, 2.75) is 31.9 Å². The van der Waals surface area contributed by atoms with Crippen molar-refractivity contribution in [2.24, 2.45) is 0 Å². The van der Waals surface area contributed by atoms with Gasteiger partial charge in [0, 0.05) is 24.2 Å².